The maximum absolute atomic E-state index is 14.0. The molecule has 2 aromatic heterocycles. The number of carbonyl (C=O) groups is 2. The molecule has 0 spiro atoms. The van der Waals surface area contributed by atoms with Crippen molar-refractivity contribution in [1.82, 2.24) is 14.8 Å². The molecule has 2 aromatic carbocycles. The van der Waals surface area contributed by atoms with Gasteiger partial charge in [0.2, 0.25) is 5.13 Å². The van der Waals surface area contributed by atoms with E-state index in [0.29, 0.717) is 22.1 Å². The van der Waals surface area contributed by atoms with E-state index in [1.165, 1.54) is 25.2 Å². The number of benzene rings is 2. The largest absolute Gasteiger partial charge is 0.507 e. The van der Waals surface area contributed by atoms with Gasteiger partial charge in [0.15, 0.2) is 11.6 Å². The van der Waals surface area contributed by atoms with Gasteiger partial charge >= 0.3 is 0 Å². The number of Topliss-reactive ketones (excluding diaryl/α,β-unsaturated/α-hetero) is 2. The van der Waals surface area contributed by atoms with E-state index in [1.54, 1.807) is 24.6 Å². The van der Waals surface area contributed by atoms with E-state index in [0.717, 1.165) is 10.2 Å². The summed E-state index contributed by atoms with van der Waals surface area (Å²) in [5.74, 6) is -1.09. The first-order valence-electron chi connectivity index (χ1n) is 10.6. The Morgan fingerprint density at radius 3 is 2.62 bits per heavy atom. The van der Waals surface area contributed by atoms with Gasteiger partial charge in [-0.15, -0.1) is 0 Å². The average Bonchev–Trinajstić information content (AvgIpc) is 3.44. The Balaban J connectivity index is 1.62. The Hall–Kier alpha value is -3.98. The SMILES string of the molecule is CC(=O)c1c(O)c(C)c(O)c2c1OC1=Cc3c(c(C)nn3-c3nc4ccccc4s3)C(=O)[C@@]12C. The molecule has 0 saturated heterocycles. The van der Waals surface area contributed by atoms with Gasteiger partial charge in [-0.25, -0.2) is 9.67 Å². The van der Waals surface area contributed by atoms with Crippen molar-refractivity contribution in [2.75, 3.05) is 0 Å². The van der Waals surface area contributed by atoms with E-state index >= 15 is 0 Å². The van der Waals surface area contributed by atoms with Gasteiger partial charge in [0.1, 0.15) is 34.0 Å². The molecule has 0 amide bonds. The molecule has 3 heterocycles. The maximum Gasteiger partial charge on any atom is 0.212 e. The number of allylic oxidation sites excluding steroid dienone is 1. The van der Waals surface area contributed by atoms with Crippen LogP contribution in [0.25, 0.3) is 21.4 Å². The monoisotopic (exact) mass is 473 g/mol. The molecule has 6 rings (SSSR count). The van der Waals surface area contributed by atoms with Crippen LogP contribution in [0.3, 0.4) is 0 Å². The summed E-state index contributed by atoms with van der Waals surface area (Å²) >= 11 is 1.45. The Morgan fingerprint density at radius 1 is 1.18 bits per heavy atom. The van der Waals surface area contributed by atoms with E-state index < -0.39 is 11.2 Å². The number of nitrogens with zero attached hydrogens (tertiary/aromatic N) is 3. The standard InChI is InChI=1S/C25H19N3O5S/c1-10-20(30)18(12(3)29)22-19(21(10)31)25(4)16(33-22)9-14-17(23(25)32)11(2)27-28(14)24-26-13-7-5-6-8-15(13)34-24/h5-9,30-31H,1-4H3/t25-/m0/s1. The third-order valence-electron chi connectivity index (χ3n) is 6.70. The number of ketones is 2. The van der Waals surface area contributed by atoms with Crippen LogP contribution in [-0.2, 0) is 5.41 Å². The molecule has 2 N–H and O–H groups in total. The van der Waals surface area contributed by atoms with Gasteiger partial charge in [0.25, 0.3) is 0 Å². The van der Waals surface area contributed by atoms with Gasteiger partial charge in [-0.3, -0.25) is 9.59 Å². The lowest BCUT2D eigenvalue weighted by atomic mass is 9.71. The molecule has 1 aliphatic carbocycles. The number of hydrogen-bond donors (Lipinski definition) is 2. The number of phenolic OH excluding ortho intramolecular Hbond substituents is 2. The third-order valence-corrected chi connectivity index (χ3v) is 7.72. The fourth-order valence-electron chi connectivity index (χ4n) is 4.88. The van der Waals surface area contributed by atoms with E-state index in [1.807, 2.05) is 24.3 Å². The van der Waals surface area contributed by atoms with Crippen molar-refractivity contribution >= 4 is 39.2 Å². The zero-order valence-electron chi connectivity index (χ0n) is 18.8. The van der Waals surface area contributed by atoms with E-state index in [-0.39, 0.29) is 45.5 Å². The summed E-state index contributed by atoms with van der Waals surface area (Å²) in [6.07, 6.45) is 1.71. The summed E-state index contributed by atoms with van der Waals surface area (Å²) in [5, 5.41) is 26.7. The lowest BCUT2D eigenvalue weighted by Gasteiger charge is -2.27. The van der Waals surface area contributed by atoms with Crippen LogP contribution in [0, 0.1) is 13.8 Å². The second kappa shape index (κ2) is 6.54. The highest BCUT2D eigenvalue weighted by Crippen LogP contribution is 2.58. The highest BCUT2D eigenvalue weighted by molar-refractivity contribution is 7.20. The summed E-state index contributed by atoms with van der Waals surface area (Å²) in [4.78, 5) is 31.0. The molecule has 1 atom stereocenters. The summed E-state index contributed by atoms with van der Waals surface area (Å²) in [7, 11) is 0. The second-order valence-corrected chi connectivity index (χ2v) is 9.75. The minimum absolute atomic E-state index is 0.0116. The molecule has 0 radical (unpaired) electrons. The van der Waals surface area contributed by atoms with E-state index in [9.17, 15) is 19.8 Å². The van der Waals surface area contributed by atoms with Crippen molar-refractivity contribution in [3.8, 4) is 22.4 Å². The van der Waals surface area contributed by atoms with Gasteiger partial charge in [0, 0.05) is 11.6 Å². The fourth-order valence-corrected chi connectivity index (χ4v) is 5.82. The van der Waals surface area contributed by atoms with Crippen molar-refractivity contribution in [3.05, 3.63) is 63.7 Å². The van der Waals surface area contributed by atoms with Crippen LogP contribution in [0.1, 0.15) is 57.1 Å². The number of para-hydroxylation sites is 1. The molecule has 8 nitrogen and oxygen atoms in total. The minimum Gasteiger partial charge on any atom is -0.507 e. The van der Waals surface area contributed by atoms with Crippen molar-refractivity contribution in [1.29, 1.82) is 0 Å². The molecule has 0 unspecified atom stereocenters. The number of aromatic hydroxyl groups is 2. The summed E-state index contributed by atoms with van der Waals surface area (Å²) in [6, 6.07) is 7.73. The first-order chi connectivity index (χ1) is 16.1. The molecule has 34 heavy (non-hydrogen) atoms. The van der Waals surface area contributed by atoms with Crippen LogP contribution in [0.15, 0.2) is 30.0 Å². The van der Waals surface area contributed by atoms with Crippen molar-refractivity contribution in [2.24, 2.45) is 0 Å². The Kier molecular flexibility index (Phi) is 3.97. The third kappa shape index (κ3) is 2.36. The predicted octanol–water partition coefficient (Wildman–Crippen LogP) is 4.60. The summed E-state index contributed by atoms with van der Waals surface area (Å²) in [5.41, 5.74) is 1.15. The summed E-state index contributed by atoms with van der Waals surface area (Å²) < 4.78 is 8.67. The normalized spacial score (nSPS) is 18.4. The average molecular weight is 474 g/mol. The topological polar surface area (TPSA) is 115 Å². The molecule has 1 aliphatic heterocycles. The fraction of sp³-hybridized carbons (Fsp3) is 0.200. The number of ether oxygens (including phenoxy) is 1. The highest BCUT2D eigenvalue weighted by atomic mass is 32.1. The van der Waals surface area contributed by atoms with Crippen molar-refractivity contribution in [3.63, 3.8) is 0 Å². The number of aryl methyl sites for hydroxylation is 1. The highest BCUT2D eigenvalue weighted by Gasteiger charge is 2.55. The van der Waals surface area contributed by atoms with Crippen LogP contribution < -0.4 is 4.74 Å². The molecular weight excluding hydrogens is 454 g/mol. The van der Waals surface area contributed by atoms with Gasteiger partial charge in [0.05, 0.1) is 32.7 Å². The molecular formula is C25H19N3O5S. The summed E-state index contributed by atoms with van der Waals surface area (Å²) in [6.45, 7) is 6.21. The molecule has 0 bridgehead atoms. The molecule has 9 heteroatoms. The molecule has 2 aliphatic rings. The van der Waals surface area contributed by atoms with Gasteiger partial charge in [-0.05, 0) is 39.8 Å². The number of rotatable bonds is 2. The maximum atomic E-state index is 14.0. The minimum atomic E-state index is -1.37. The lowest BCUT2D eigenvalue weighted by Crippen LogP contribution is -2.36. The van der Waals surface area contributed by atoms with Crippen LogP contribution in [0.2, 0.25) is 0 Å². The smallest absolute Gasteiger partial charge is 0.212 e. The molecule has 4 aromatic rings. The Bertz CT molecular complexity index is 1610. The van der Waals surface area contributed by atoms with Gasteiger partial charge < -0.3 is 14.9 Å². The van der Waals surface area contributed by atoms with Crippen LogP contribution in [-0.4, -0.2) is 36.5 Å². The lowest BCUT2D eigenvalue weighted by molar-refractivity contribution is 0.0905. The van der Waals surface area contributed by atoms with Crippen molar-refractivity contribution in [2.45, 2.75) is 33.1 Å². The van der Waals surface area contributed by atoms with Crippen molar-refractivity contribution < 1.29 is 24.5 Å². The van der Waals surface area contributed by atoms with Crippen LogP contribution in [0.5, 0.6) is 17.2 Å². The zero-order valence-corrected chi connectivity index (χ0v) is 19.6. The quantitative estimate of drug-likeness (QED) is 0.409. The molecule has 170 valence electrons. The number of thiazole rings is 1. The van der Waals surface area contributed by atoms with E-state index in [4.69, 9.17) is 4.74 Å². The predicted molar refractivity (Wildman–Crippen MR) is 126 cm³/mol. The number of phenols is 2. The zero-order chi connectivity index (χ0) is 24.1. The first-order valence-corrected chi connectivity index (χ1v) is 11.5. The number of carbonyl (C=O) groups excluding carboxylic acids is 2. The number of hydrogen-bond acceptors (Lipinski definition) is 8. The Morgan fingerprint density at radius 2 is 1.91 bits per heavy atom. The molecule has 0 fully saturated rings. The first kappa shape index (κ1) is 20.6. The van der Waals surface area contributed by atoms with Crippen LogP contribution >= 0.6 is 11.3 Å². The number of aromatic nitrogens is 3. The Labute approximate surface area is 197 Å². The van der Waals surface area contributed by atoms with Gasteiger partial charge in [-0.1, -0.05) is 23.5 Å². The van der Waals surface area contributed by atoms with E-state index in [2.05, 4.69) is 10.1 Å². The number of fused-ring (bicyclic) bond motifs is 5. The van der Waals surface area contributed by atoms with Gasteiger partial charge in [-0.2, -0.15) is 5.10 Å². The van der Waals surface area contributed by atoms with Crippen LogP contribution in [0.4, 0.5) is 0 Å². The molecule has 0 saturated carbocycles. The second-order valence-electron chi connectivity index (χ2n) is 8.74.